The Kier molecular flexibility index (Phi) is 4.18. The standard InChI is InChI=1S/C12H25N3S/c1-6-13-10(16)14-9-7-11(2,3)15-12(4,5)8-9/h9,15H,6-8H2,1-5H3,(H2,13,14,16). The van der Waals surface area contributed by atoms with Crippen molar-refractivity contribution in [3.63, 3.8) is 0 Å². The summed E-state index contributed by atoms with van der Waals surface area (Å²) in [4.78, 5) is 0. The van der Waals surface area contributed by atoms with Crippen LogP contribution in [-0.4, -0.2) is 28.8 Å². The first-order valence-electron chi connectivity index (χ1n) is 6.08. The van der Waals surface area contributed by atoms with Crippen LogP contribution in [0.5, 0.6) is 0 Å². The third kappa shape index (κ3) is 4.26. The quantitative estimate of drug-likeness (QED) is 0.646. The minimum absolute atomic E-state index is 0.168. The Bertz CT molecular complexity index is 245. The van der Waals surface area contributed by atoms with Crippen LogP contribution in [0, 0.1) is 0 Å². The summed E-state index contributed by atoms with van der Waals surface area (Å²) in [5.74, 6) is 0. The highest BCUT2D eigenvalue weighted by molar-refractivity contribution is 7.80. The molecule has 1 fully saturated rings. The molecule has 0 atom stereocenters. The highest BCUT2D eigenvalue weighted by atomic mass is 32.1. The second-order valence-electron chi connectivity index (χ2n) is 6.00. The monoisotopic (exact) mass is 243 g/mol. The summed E-state index contributed by atoms with van der Waals surface area (Å²) in [5, 5.41) is 11.0. The highest BCUT2D eigenvalue weighted by Gasteiger charge is 2.37. The summed E-state index contributed by atoms with van der Waals surface area (Å²) in [5.41, 5.74) is 0.336. The number of hydrogen-bond donors (Lipinski definition) is 3. The molecule has 1 aliphatic rings. The second-order valence-corrected chi connectivity index (χ2v) is 6.41. The Morgan fingerprint density at radius 2 is 1.75 bits per heavy atom. The van der Waals surface area contributed by atoms with E-state index in [9.17, 15) is 0 Å². The number of piperidine rings is 1. The summed E-state index contributed by atoms with van der Waals surface area (Å²) in [6.45, 7) is 11.9. The zero-order chi connectivity index (χ0) is 12.4. The van der Waals surface area contributed by atoms with Gasteiger partial charge in [-0.2, -0.15) is 0 Å². The third-order valence-corrected chi connectivity index (χ3v) is 3.12. The number of thiocarbonyl (C=S) groups is 1. The molecule has 3 nitrogen and oxygen atoms in total. The molecule has 0 aromatic carbocycles. The van der Waals surface area contributed by atoms with Gasteiger partial charge in [-0.1, -0.05) is 0 Å². The fourth-order valence-corrected chi connectivity index (χ4v) is 3.13. The number of rotatable bonds is 2. The van der Waals surface area contributed by atoms with Gasteiger partial charge in [-0.25, -0.2) is 0 Å². The second kappa shape index (κ2) is 4.88. The molecule has 1 heterocycles. The molecule has 0 bridgehead atoms. The van der Waals surface area contributed by atoms with Crippen LogP contribution < -0.4 is 16.0 Å². The predicted molar refractivity (Wildman–Crippen MR) is 73.7 cm³/mol. The van der Waals surface area contributed by atoms with E-state index in [2.05, 4.69) is 50.6 Å². The van der Waals surface area contributed by atoms with Crippen LogP contribution in [0.3, 0.4) is 0 Å². The average Bonchev–Trinajstić information content (AvgIpc) is 1.96. The van der Waals surface area contributed by atoms with Gasteiger partial charge in [-0.15, -0.1) is 0 Å². The van der Waals surface area contributed by atoms with Crippen molar-refractivity contribution < 1.29 is 0 Å². The van der Waals surface area contributed by atoms with Gasteiger partial charge in [0.15, 0.2) is 5.11 Å². The molecular formula is C12H25N3S. The lowest BCUT2D eigenvalue weighted by atomic mass is 9.80. The summed E-state index contributed by atoms with van der Waals surface area (Å²) in [7, 11) is 0. The SMILES string of the molecule is CCNC(=S)NC1CC(C)(C)NC(C)(C)C1. The van der Waals surface area contributed by atoms with E-state index in [0.29, 0.717) is 6.04 Å². The van der Waals surface area contributed by atoms with E-state index in [1.54, 1.807) is 0 Å². The Balaban J connectivity index is 2.57. The maximum absolute atomic E-state index is 5.24. The van der Waals surface area contributed by atoms with Crippen molar-refractivity contribution in [3.05, 3.63) is 0 Å². The lowest BCUT2D eigenvalue weighted by molar-refractivity contribution is 0.155. The van der Waals surface area contributed by atoms with Crippen LogP contribution in [-0.2, 0) is 0 Å². The van der Waals surface area contributed by atoms with Crippen LogP contribution in [0.4, 0.5) is 0 Å². The molecule has 3 N–H and O–H groups in total. The lowest BCUT2D eigenvalue weighted by Gasteiger charge is -2.46. The molecule has 0 saturated carbocycles. The van der Waals surface area contributed by atoms with Crippen LogP contribution in [0.1, 0.15) is 47.5 Å². The minimum atomic E-state index is 0.168. The van der Waals surface area contributed by atoms with Crippen molar-refractivity contribution in [3.8, 4) is 0 Å². The Labute approximate surface area is 105 Å². The Morgan fingerprint density at radius 3 is 2.19 bits per heavy atom. The molecule has 4 heteroatoms. The zero-order valence-corrected chi connectivity index (χ0v) is 11.9. The van der Waals surface area contributed by atoms with Crippen molar-refractivity contribution >= 4 is 17.3 Å². The maximum atomic E-state index is 5.24. The van der Waals surface area contributed by atoms with Gasteiger partial charge >= 0.3 is 0 Å². The summed E-state index contributed by atoms with van der Waals surface area (Å²) < 4.78 is 0. The molecule has 1 rings (SSSR count). The van der Waals surface area contributed by atoms with Crippen molar-refractivity contribution in [1.82, 2.24) is 16.0 Å². The first-order valence-corrected chi connectivity index (χ1v) is 6.49. The fourth-order valence-electron chi connectivity index (χ4n) is 2.82. The van der Waals surface area contributed by atoms with E-state index in [1.807, 2.05) is 0 Å². The van der Waals surface area contributed by atoms with Gasteiger partial charge < -0.3 is 16.0 Å². The maximum Gasteiger partial charge on any atom is 0.166 e. The fraction of sp³-hybridized carbons (Fsp3) is 0.917. The molecule has 0 aliphatic carbocycles. The Hall–Kier alpha value is -0.350. The Morgan fingerprint density at radius 1 is 1.25 bits per heavy atom. The lowest BCUT2D eigenvalue weighted by Crippen LogP contribution is -2.62. The van der Waals surface area contributed by atoms with E-state index >= 15 is 0 Å². The van der Waals surface area contributed by atoms with Gasteiger partial charge in [0, 0.05) is 23.7 Å². The molecule has 0 aromatic heterocycles. The first kappa shape index (κ1) is 13.7. The largest absolute Gasteiger partial charge is 0.363 e. The molecule has 1 aliphatic heterocycles. The zero-order valence-electron chi connectivity index (χ0n) is 11.1. The topological polar surface area (TPSA) is 36.1 Å². The van der Waals surface area contributed by atoms with Crippen molar-refractivity contribution in [2.45, 2.75) is 64.6 Å². The van der Waals surface area contributed by atoms with Crippen molar-refractivity contribution in [2.75, 3.05) is 6.54 Å². The van der Waals surface area contributed by atoms with E-state index in [1.165, 1.54) is 0 Å². The molecule has 0 spiro atoms. The predicted octanol–water partition coefficient (Wildman–Crippen LogP) is 1.78. The van der Waals surface area contributed by atoms with E-state index in [-0.39, 0.29) is 11.1 Å². The molecule has 0 aromatic rings. The third-order valence-electron chi connectivity index (χ3n) is 2.86. The van der Waals surface area contributed by atoms with Crippen LogP contribution in [0.15, 0.2) is 0 Å². The average molecular weight is 243 g/mol. The molecule has 16 heavy (non-hydrogen) atoms. The summed E-state index contributed by atoms with van der Waals surface area (Å²) in [6.07, 6.45) is 2.20. The van der Waals surface area contributed by atoms with Gasteiger partial charge in [0.05, 0.1) is 0 Å². The minimum Gasteiger partial charge on any atom is -0.363 e. The van der Waals surface area contributed by atoms with Crippen molar-refractivity contribution in [1.29, 1.82) is 0 Å². The van der Waals surface area contributed by atoms with E-state index in [4.69, 9.17) is 12.2 Å². The van der Waals surface area contributed by atoms with E-state index < -0.39 is 0 Å². The van der Waals surface area contributed by atoms with Crippen molar-refractivity contribution in [2.24, 2.45) is 0 Å². The smallest absolute Gasteiger partial charge is 0.166 e. The van der Waals surface area contributed by atoms with Gasteiger partial charge in [-0.05, 0) is 59.7 Å². The van der Waals surface area contributed by atoms with Crippen LogP contribution >= 0.6 is 12.2 Å². The highest BCUT2D eigenvalue weighted by Crippen LogP contribution is 2.28. The molecule has 0 radical (unpaired) electrons. The van der Waals surface area contributed by atoms with Crippen LogP contribution in [0.2, 0.25) is 0 Å². The van der Waals surface area contributed by atoms with Gasteiger partial charge in [0.25, 0.3) is 0 Å². The molecule has 0 unspecified atom stereocenters. The number of hydrogen-bond acceptors (Lipinski definition) is 2. The molecule has 94 valence electrons. The molecule has 1 saturated heterocycles. The van der Waals surface area contributed by atoms with Gasteiger partial charge in [-0.3, -0.25) is 0 Å². The van der Waals surface area contributed by atoms with E-state index in [0.717, 1.165) is 24.5 Å². The summed E-state index contributed by atoms with van der Waals surface area (Å²) >= 11 is 5.24. The van der Waals surface area contributed by atoms with Gasteiger partial charge in [0.2, 0.25) is 0 Å². The molecule has 0 amide bonds. The normalized spacial score (nSPS) is 23.8. The van der Waals surface area contributed by atoms with Crippen LogP contribution in [0.25, 0.3) is 0 Å². The first-order chi connectivity index (χ1) is 7.24. The van der Waals surface area contributed by atoms with Gasteiger partial charge in [0.1, 0.15) is 0 Å². The number of nitrogens with one attached hydrogen (secondary N) is 3. The molecular weight excluding hydrogens is 218 g/mol. The summed E-state index contributed by atoms with van der Waals surface area (Å²) in [6, 6.07) is 0.456.